The molecule has 3 rings (SSSR count). The molecular formula is C19H22N4O3. The number of nitrogens with one attached hydrogen (secondary N) is 3. The van der Waals surface area contributed by atoms with E-state index in [1.165, 1.54) is 6.92 Å². The van der Waals surface area contributed by atoms with Gasteiger partial charge in [-0.2, -0.15) is 0 Å². The van der Waals surface area contributed by atoms with Crippen LogP contribution in [0.1, 0.15) is 30.3 Å². The highest BCUT2D eigenvalue weighted by molar-refractivity contribution is 6.03. The van der Waals surface area contributed by atoms with Crippen molar-refractivity contribution in [1.82, 2.24) is 4.98 Å². The quantitative estimate of drug-likeness (QED) is 0.742. The summed E-state index contributed by atoms with van der Waals surface area (Å²) in [7, 11) is 0. The Balaban J connectivity index is 1.58. The van der Waals surface area contributed by atoms with E-state index in [0.29, 0.717) is 17.1 Å². The first kappa shape index (κ1) is 17.9. The summed E-state index contributed by atoms with van der Waals surface area (Å²) in [5, 5.41) is 8.76. The molecule has 1 fully saturated rings. The van der Waals surface area contributed by atoms with E-state index in [1.54, 1.807) is 36.5 Å². The standard InChI is InChI=1S/C19H22N4O3/c1-13(24)22-14-4-6-15(7-5-14)23-19(25)18-11-16(8-9-20-18)21-12-17-3-2-10-26-17/h4-9,11,17H,2-3,10,12H2,1H3,(H,20,21)(H,22,24)(H,23,25). The number of aromatic nitrogens is 1. The molecule has 1 saturated heterocycles. The molecule has 2 heterocycles. The van der Waals surface area contributed by atoms with Crippen LogP contribution in [0.4, 0.5) is 17.1 Å². The normalized spacial score (nSPS) is 16.1. The number of benzene rings is 1. The zero-order valence-electron chi connectivity index (χ0n) is 14.6. The van der Waals surface area contributed by atoms with Gasteiger partial charge in [-0.05, 0) is 49.2 Å². The van der Waals surface area contributed by atoms with E-state index in [1.807, 2.05) is 6.07 Å². The SMILES string of the molecule is CC(=O)Nc1ccc(NC(=O)c2cc(NCC3CCCO3)ccn2)cc1. The molecule has 7 heteroatoms. The molecule has 1 aromatic carbocycles. The molecule has 0 radical (unpaired) electrons. The third-order valence-corrected chi connectivity index (χ3v) is 4.01. The number of hydrogen-bond donors (Lipinski definition) is 3. The maximum absolute atomic E-state index is 12.4. The predicted molar refractivity (Wildman–Crippen MR) is 100 cm³/mol. The molecule has 1 aliphatic rings. The Labute approximate surface area is 152 Å². The van der Waals surface area contributed by atoms with E-state index in [-0.39, 0.29) is 17.9 Å². The average Bonchev–Trinajstić information content (AvgIpc) is 3.15. The molecule has 1 unspecified atom stereocenters. The topological polar surface area (TPSA) is 92.4 Å². The van der Waals surface area contributed by atoms with Crippen molar-refractivity contribution in [3.05, 3.63) is 48.3 Å². The van der Waals surface area contributed by atoms with E-state index in [4.69, 9.17) is 4.74 Å². The van der Waals surface area contributed by atoms with Crippen LogP contribution in [0.5, 0.6) is 0 Å². The summed E-state index contributed by atoms with van der Waals surface area (Å²) in [6.07, 6.45) is 3.98. The van der Waals surface area contributed by atoms with E-state index in [9.17, 15) is 9.59 Å². The average molecular weight is 354 g/mol. The molecule has 0 spiro atoms. The van der Waals surface area contributed by atoms with Crippen LogP contribution in [-0.4, -0.2) is 36.1 Å². The Kier molecular flexibility index (Phi) is 5.80. The fraction of sp³-hybridized carbons (Fsp3) is 0.316. The predicted octanol–water partition coefficient (Wildman–Crippen LogP) is 2.88. The smallest absolute Gasteiger partial charge is 0.274 e. The molecule has 136 valence electrons. The first-order chi connectivity index (χ1) is 12.6. The summed E-state index contributed by atoms with van der Waals surface area (Å²) in [5.41, 5.74) is 2.47. The lowest BCUT2D eigenvalue weighted by Crippen LogP contribution is -2.19. The van der Waals surface area contributed by atoms with Crippen LogP contribution in [0.25, 0.3) is 0 Å². The number of pyridine rings is 1. The monoisotopic (exact) mass is 354 g/mol. The Morgan fingerprint density at radius 3 is 2.50 bits per heavy atom. The molecule has 1 aromatic heterocycles. The summed E-state index contributed by atoms with van der Waals surface area (Å²) in [6.45, 7) is 2.98. The fourth-order valence-corrected chi connectivity index (χ4v) is 2.74. The van der Waals surface area contributed by atoms with Crippen molar-refractivity contribution < 1.29 is 14.3 Å². The van der Waals surface area contributed by atoms with Gasteiger partial charge in [-0.3, -0.25) is 14.6 Å². The van der Waals surface area contributed by atoms with Gasteiger partial charge in [0.25, 0.3) is 5.91 Å². The number of carbonyl (C=O) groups excluding carboxylic acids is 2. The second-order valence-electron chi connectivity index (χ2n) is 6.16. The van der Waals surface area contributed by atoms with Gasteiger partial charge in [0.2, 0.25) is 5.91 Å². The van der Waals surface area contributed by atoms with Gasteiger partial charge in [0.15, 0.2) is 0 Å². The van der Waals surface area contributed by atoms with Crippen LogP contribution in [-0.2, 0) is 9.53 Å². The molecule has 26 heavy (non-hydrogen) atoms. The molecule has 3 N–H and O–H groups in total. The second kappa shape index (κ2) is 8.44. The Hall–Kier alpha value is -2.93. The largest absolute Gasteiger partial charge is 0.382 e. The van der Waals surface area contributed by atoms with Crippen molar-refractivity contribution in [2.45, 2.75) is 25.9 Å². The number of anilines is 3. The fourth-order valence-electron chi connectivity index (χ4n) is 2.74. The highest BCUT2D eigenvalue weighted by atomic mass is 16.5. The molecule has 7 nitrogen and oxygen atoms in total. The van der Waals surface area contributed by atoms with Gasteiger partial charge in [-0.15, -0.1) is 0 Å². The van der Waals surface area contributed by atoms with Crippen LogP contribution >= 0.6 is 0 Å². The molecule has 1 atom stereocenters. The third-order valence-electron chi connectivity index (χ3n) is 4.01. The first-order valence-electron chi connectivity index (χ1n) is 8.61. The second-order valence-corrected chi connectivity index (χ2v) is 6.16. The van der Waals surface area contributed by atoms with Crippen molar-refractivity contribution in [1.29, 1.82) is 0 Å². The minimum absolute atomic E-state index is 0.140. The Bertz CT molecular complexity index is 771. The Morgan fingerprint density at radius 1 is 1.12 bits per heavy atom. The minimum Gasteiger partial charge on any atom is -0.382 e. The molecular weight excluding hydrogens is 332 g/mol. The molecule has 0 bridgehead atoms. The third kappa shape index (κ3) is 5.03. The van der Waals surface area contributed by atoms with Crippen molar-refractivity contribution in [2.24, 2.45) is 0 Å². The highest BCUT2D eigenvalue weighted by Crippen LogP contribution is 2.16. The summed E-state index contributed by atoms with van der Waals surface area (Å²) >= 11 is 0. The number of rotatable bonds is 6. The lowest BCUT2D eigenvalue weighted by atomic mass is 10.2. The van der Waals surface area contributed by atoms with Crippen LogP contribution in [0.2, 0.25) is 0 Å². The van der Waals surface area contributed by atoms with Gasteiger partial charge in [-0.25, -0.2) is 0 Å². The molecule has 2 amide bonds. The minimum atomic E-state index is -0.293. The lowest BCUT2D eigenvalue weighted by Gasteiger charge is -2.12. The van der Waals surface area contributed by atoms with Gasteiger partial charge >= 0.3 is 0 Å². The van der Waals surface area contributed by atoms with Gasteiger partial charge in [0, 0.05) is 43.3 Å². The van der Waals surface area contributed by atoms with Crippen LogP contribution < -0.4 is 16.0 Å². The maximum Gasteiger partial charge on any atom is 0.274 e. The molecule has 0 saturated carbocycles. The number of ether oxygens (including phenoxy) is 1. The molecule has 1 aliphatic heterocycles. The van der Waals surface area contributed by atoms with Crippen LogP contribution in [0.3, 0.4) is 0 Å². The van der Waals surface area contributed by atoms with Crippen LogP contribution in [0.15, 0.2) is 42.6 Å². The number of hydrogen-bond acceptors (Lipinski definition) is 5. The molecule has 2 aromatic rings. The van der Waals surface area contributed by atoms with E-state index in [0.717, 1.165) is 31.7 Å². The van der Waals surface area contributed by atoms with Crippen molar-refractivity contribution in [3.8, 4) is 0 Å². The van der Waals surface area contributed by atoms with Crippen molar-refractivity contribution >= 4 is 28.9 Å². The number of nitrogens with zero attached hydrogens (tertiary/aromatic N) is 1. The van der Waals surface area contributed by atoms with Gasteiger partial charge in [-0.1, -0.05) is 0 Å². The van der Waals surface area contributed by atoms with E-state index >= 15 is 0 Å². The van der Waals surface area contributed by atoms with Gasteiger partial charge < -0.3 is 20.7 Å². The van der Waals surface area contributed by atoms with Gasteiger partial charge in [0.05, 0.1) is 6.10 Å². The van der Waals surface area contributed by atoms with Crippen molar-refractivity contribution in [3.63, 3.8) is 0 Å². The van der Waals surface area contributed by atoms with Gasteiger partial charge in [0.1, 0.15) is 5.69 Å². The Morgan fingerprint density at radius 2 is 1.85 bits per heavy atom. The van der Waals surface area contributed by atoms with E-state index in [2.05, 4.69) is 20.9 Å². The number of carbonyl (C=O) groups is 2. The summed E-state index contributed by atoms with van der Waals surface area (Å²) in [6, 6.07) is 10.4. The zero-order chi connectivity index (χ0) is 18.4. The summed E-state index contributed by atoms with van der Waals surface area (Å²) in [5.74, 6) is -0.434. The summed E-state index contributed by atoms with van der Waals surface area (Å²) in [4.78, 5) is 27.6. The maximum atomic E-state index is 12.4. The van der Waals surface area contributed by atoms with Crippen molar-refractivity contribution in [2.75, 3.05) is 29.1 Å². The first-order valence-corrected chi connectivity index (χ1v) is 8.61. The lowest BCUT2D eigenvalue weighted by molar-refractivity contribution is -0.114. The van der Waals surface area contributed by atoms with Crippen LogP contribution in [0, 0.1) is 0 Å². The van der Waals surface area contributed by atoms with E-state index < -0.39 is 0 Å². The number of amides is 2. The highest BCUT2D eigenvalue weighted by Gasteiger charge is 2.15. The summed E-state index contributed by atoms with van der Waals surface area (Å²) < 4.78 is 5.58. The molecule has 0 aliphatic carbocycles. The zero-order valence-corrected chi connectivity index (χ0v) is 14.6.